The van der Waals surface area contributed by atoms with Gasteiger partial charge in [0.2, 0.25) is 0 Å². The largest absolute Gasteiger partial charge is 0.449 e. The minimum atomic E-state index is -3.93. The fourth-order valence-corrected chi connectivity index (χ4v) is 4.04. The maximum absolute atomic E-state index is 13.7. The zero-order valence-corrected chi connectivity index (χ0v) is 18.2. The van der Waals surface area contributed by atoms with Crippen molar-refractivity contribution < 1.29 is 27.1 Å². The Morgan fingerprint density at radius 2 is 1.62 bits per heavy atom. The first-order valence-corrected chi connectivity index (χ1v) is 11.0. The summed E-state index contributed by atoms with van der Waals surface area (Å²) in [4.78, 5) is 24.7. The molecule has 0 saturated carbocycles. The van der Waals surface area contributed by atoms with Crippen molar-refractivity contribution in [1.29, 1.82) is 0 Å². The van der Waals surface area contributed by atoms with Crippen LogP contribution in [-0.2, 0) is 19.6 Å². The van der Waals surface area contributed by atoms with Gasteiger partial charge in [-0.25, -0.2) is 17.6 Å². The van der Waals surface area contributed by atoms with Gasteiger partial charge in [-0.3, -0.25) is 9.10 Å². The minimum absolute atomic E-state index is 0.0434. The third kappa shape index (κ3) is 5.12. The Labute approximate surface area is 185 Å². The van der Waals surface area contributed by atoms with Gasteiger partial charge in [-0.1, -0.05) is 36.4 Å². The molecular formula is C23H21FN2O5S. The molecule has 3 aromatic carbocycles. The third-order valence-electron chi connectivity index (χ3n) is 4.63. The lowest BCUT2D eigenvalue weighted by Gasteiger charge is -2.20. The van der Waals surface area contributed by atoms with Gasteiger partial charge in [0, 0.05) is 7.05 Å². The summed E-state index contributed by atoms with van der Waals surface area (Å²) in [6.45, 7) is 1.33. The predicted octanol–water partition coefficient (Wildman–Crippen LogP) is 3.83. The van der Waals surface area contributed by atoms with Crippen molar-refractivity contribution in [3.05, 3.63) is 90.2 Å². The molecule has 0 fully saturated rings. The topological polar surface area (TPSA) is 92.8 Å². The van der Waals surface area contributed by atoms with E-state index in [2.05, 4.69) is 5.32 Å². The van der Waals surface area contributed by atoms with Crippen LogP contribution in [0.4, 0.5) is 15.8 Å². The maximum Gasteiger partial charge on any atom is 0.338 e. The van der Waals surface area contributed by atoms with Crippen molar-refractivity contribution in [2.75, 3.05) is 16.7 Å². The van der Waals surface area contributed by atoms with E-state index in [9.17, 15) is 22.4 Å². The molecule has 1 N–H and O–H groups in total. The van der Waals surface area contributed by atoms with Gasteiger partial charge in [0.25, 0.3) is 15.9 Å². The van der Waals surface area contributed by atoms with Crippen LogP contribution in [0.2, 0.25) is 0 Å². The molecule has 0 aliphatic heterocycles. The number of hydrogen-bond acceptors (Lipinski definition) is 5. The first kappa shape index (κ1) is 23.0. The van der Waals surface area contributed by atoms with E-state index in [4.69, 9.17) is 4.74 Å². The molecule has 32 heavy (non-hydrogen) atoms. The number of esters is 1. The second kappa shape index (κ2) is 9.61. The highest BCUT2D eigenvalue weighted by molar-refractivity contribution is 7.92. The van der Waals surface area contributed by atoms with Gasteiger partial charge in [0.05, 0.1) is 21.8 Å². The number of carbonyl (C=O) groups excluding carboxylic acids is 2. The van der Waals surface area contributed by atoms with E-state index in [-0.39, 0.29) is 16.1 Å². The Morgan fingerprint density at radius 1 is 0.969 bits per heavy atom. The van der Waals surface area contributed by atoms with Crippen LogP contribution in [0.15, 0.2) is 83.8 Å². The molecule has 166 valence electrons. The molecule has 3 rings (SSSR count). The fraction of sp³-hybridized carbons (Fsp3) is 0.130. The molecule has 0 bridgehead atoms. The fourth-order valence-electron chi connectivity index (χ4n) is 2.80. The molecule has 7 nitrogen and oxygen atoms in total. The van der Waals surface area contributed by atoms with Gasteiger partial charge in [-0.2, -0.15) is 0 Å². The molecule has 0 aliphatic carbocycles. The third-order valence-corrected chi connectivity index (χ3v) is 6.41. The number of para-hydroxylation sites is 2. The number of halogens is 1. The minimum Gasteiger partial charge on any atom is -0.449 e. The SMILES string of the molecule is CC(OC(=O)c1cccc(S(=O)(=O)N(C)c2ccccc2)c1)C(=O)Nc1ccccc1F. The van der Waals surface area contributed by atoms with Crippen molar-refractivity contribution >= 4 is 33.3 Å². The van der Waals surface area contributed by atoms with E-state index in [1.54, 1.807) is 36.4 Å². The molecule has 0 saturated heterocycles. The molecule has 1 atom stereocenters. The molecule has 0 heterocycles. The van der Waals surface area contributed by atoms with E-state index < -0.39 is 33.8 Å². The number of hydrogen-bond donors (Lipinski definition) is 1. The molecule has 9 heteroatoms. The second-order valence-corrected chi connectivity index (χ2v) is 8.82. The average molecular weight is 456 g/mol. The van der Waals surface area contributed by atoms with Gasteiger partial charge in [0.1, 0.15) is 5.82 Å². The number of benzene rings is 3. The van der Waals surface area contributed by atoms with Gasteiger partial charge in [-0.05, 0) is 49.4 Å². The Morgan fingerprint density at radius 3 is 2.31 bits per heavy atom. The smallest absolute Gasteiger partial charge is 0.338 e. The molecule has 3 aromatic rings. The quantitative estimate of drug-likeness (QED) is 0.546. The predicted molar refractivity (Wildman–Crippen MR) is 118 cm³/mol. The lowest BCUT2D eigenvalue weighted by molar-refractivity contribution is -0.123. The molecule has 0 aliphatic rings. The van der Waals surface area contributed by atoms with Crippen LogP contribution in [0.25, 0.3) is 0 Å². The van der Waals surface area contributed by atoms with Crippen molar-refractivity contribution in [1.82, 2.24) is 0 Å². The summed E-state index contributed by atoms with van der Waals surface area (Å²) in [7, 11) is -2.53. The number of sulfonamides is 1. The number of nitrogens with zero attached hydrogens (tertiary/aromatic N) is 1. The van der Waals surface area contributed by atoms with E-state index in [0.29, 0.717) is 5.69 Å². The van der Waals surface area contributed by atoms with Gasteiger partial charge >= 0.3 is 5.97 Å². The monoisotopic (exact) mass is 456 g/mol. The van der Waals surface area contributed by atoms with Crippen molar-refractivity contribution in [3.63, 3.8) is 0 Å². The number of carbonyl (C=O) groups is 2. The highest BCUT2D eigenvalue weighted by Crippen LogP contribution is 2.23. The van der Waals surface area contributed by atoms with Crippen LogP contribution >= 0.6 is 0 Å². The van der Waals surface area contributed by atoms with Crippen LogP contribution in [0.5, 0.6) is 0 Å². The lowest BCUT2D eigenvalue weighted by atomic mass is 10.2. The van der Waals surface area contributed by atoms with E-state index in [0.717, 1.165) is 4.31 Å². The molecule has 0 radical (unpaired) electrons. The number of amides is 1. The Hall–Kier alpha value is -3.72. The Kier molecular flexibility index (Phi) is 6.89. The first-order chi connectivity index (χ1) is 15.2. The Bertz CT molecular complexity index is 1230. The van der Waals surface area contributed by atoms with Crippen LogP contribution in [0.3, 0.4) is 0 Å². The maximum atomic E-state index is 13.7. The molecule has 1 amide bonds. The number of rotatable bonds is 7. The van der Waals surface area contributed by atoms with Crippen LogP contribution in [0.1, 0.15) is 17.3 Å². The van der Waals surface area contributed by atoms with Crippen molar-refractivity contribution in [2.24, 2.45) is 0 Å². The lowest BCUT2D eigenvalue weighted by Crippen LogP contribution is -2.30. The van der Waals surface area contributed by atoms with Gasteiger partial charge in [0.15, 0.2) is 6.10 Å². The van der Waals surface area contributed by atoms with Gasteiger partial charge < -0.3 is 10.1 Å². The summed E-state index contributed by atoms with van der Waals surface area (Å²) in [5, 5.41) is 2.34. The summed E-state index contributed by atoms with van der Waals surface area (Å²) in [5.41, 5.74) is 0.370. The summed E-state index contributed by atoms with van der Waals surface area (Å²) in [6.07, 6.45) is -1.24. The number of anilines is 2. The highest BCUT2D eigenvalue weighted by Gasteiger charge is 2.24. The zero-order valence-electron chi connectivity index (χ0n) is 17.4. The molecule has 1 unspecified atom stereocenters. The number of nitrogens with one attached hydrogen (secondary N) is 1. The average Bonchev–Trinajstić information content (AvgIpc) is 2.80. The summed E-state index contributed by atoms with van der Waals surface area (Å²) in [5.74, 6) is -2.24. The number of ether oxygens (including phenoxy) is 1. The van der Waals surface area contributed by atoms with Crippen molar-refractivity contribution in [3.8, 4) is 0 Å². The van der Waals surface area contributed by atoms with Crippen LogP contribution < -0.4 is 9.62 Å². The van der Waals surface area contributed by atoms with E-state index >= 15 is 0 Å². The Balaban J connectivity index is 1.73. The molecule has 0 aromatic heterocycles. The van der Waals surface area contributed by atoms with Crippen LogP contribution in [-0.4, -0.2) is 33.4 Å². The van der Waals surface area contributed by atoms with Gasteiger partial charge in [-0.15, -0.1) is 0 Å². The molecule has 0 spiro atoms. The normalized spacial score (nSPS) is 12.0. The van der Waals surface area contributed by atoms with E-state index in [1.165, 1.54) is 56.4 Å². The van der Waals surface area contributed by atoms with Crippen molar-refractivity contribution in [2.45, 2.75) is 17.9 Å². The first-order valence-electron chi connectivity index (χ1n) is 9.60. The second-order valence-electron chi connectivity index (χ2n) is 6.85. The standard InChI is InChI=1S/C23H21FN2O5S/c1-16(22(27)25-21-14-7-6-13-20(21)24)31-23(28)17-9-8-12-19(15-17)32(29,30)26(2)18-10-4-3-5-11-18/h3-16H,1-2H3,(H,25,27). The summed E-state index contributed by atoms with van der Waals surface area (Å²) in [6, 6.07) is 19.4. The summed E-state index contributed by atoms with van der Waals surface area (Å²) < 4.78 is 45.8. The highest BCUT2D eigenvalue weighted by atomic mass is 32.2. The molecular weight excluding hydrogens is 435 g/mol. The van der Waals surface area contributed by atoms with Crippen LogP contribution in [0, 0.1) is 5.82 Å². The zero-order chi connectivity index (χ0) is 23.3. The van der Waals surface area contributed by atoms with E-state index in [1.807, 2.05) is 0 Å². The summed E-state index contributed by atoms with van der Waals surface area (Å²) >= 11 is 0.